The van der Waals surface area contributed by atoms with Crippen molar-refractivity contribution >= 4 is 28.6 Å². The Hall–Kier alpha value is -4.34. The molecule has 10 heteroatoms. The number of pyridine rings is 1. The van der Waals surface area contributed by atoms with E-state index in [1.807, 2.05) is 12.1 Å². The van der Waals surface area contributed by atoms with Crippen LogP contribution < -0.4 is 20.1 Å². The van der Waals surface area contributed by atoms with E-state index < -0.39 is 5.09 Å². The topological polar surface area (TPSA) is 125 Å². The van der Waals surface area contributed by atoms with Gasteiger partial charge in [0.25, 0.3) is 5.09 Å². The van der Waals surface area contributed by atoms with E-state index in [1.54, 1.807) is 18.2 Å². The number of unbranched alkanes of at least 4 members (excludes halogenated alkanes) is 1. The average molecular weight is 549 g/mol. The van der Waals surface area contributed by atoms with E-state index in [-0.39, 0.29) is 19.1 Å². The minimum atomic E-state index is -0.827. The van der Waals surface area contributed by atoms with Gasteiger partial charge in [-0.1, -0.05) is 24.3 Å². The van der Waals surface area contributed by atoms with Crippen LogP contribution in [0.2, 0.25) is 0 Å². The Morgan fingerprint density at radius 2 is 1.88 bits per heavy atom. The zero-order chi connectivity index (χ0) is 28.2. The predicted octanol–water partition coefficient (Wildman–Crippen LogP) is 5.12. The van der Waals surface area contributed by atoms with Crippen LogP contribution in [0.25, 0.3) is 17.0 Å². The smallest absolute Gasteiger partial charge is 0.294 e. The number of nitrogens with zero attached hydrogens (tertiary/aromatic N) is 2. The van der Waals surface area contributed by atoms with Gasteiger partial charge in [0.05, 0.1) is 25.8 Å². The molecule has 0 saturated carbocycles. The number of methoxy groups -OCH3 is 1. The van der Waals surface area contributed by atoms with Crippen molar-refractivity contribution in [2.24, 2.45) is 0 Å². The number of hydrogen-bond acceptors (Lipinski definition) is 8. The molecule has 1 aliphatic rings. The first-order valence-electron chi connectivity index (χ1n) is 13.7. The van der Waals surface area contributed by atoms with Crippen molar-refractivity contribution < 1.29 is 24.2 Å². The molecule has 1 heterocycles. The van der Waals surface area contributed by atoms with Gasteiger partial charge in [0.15, 0.2) is 11.5 Å². The lowest BCUT2D eigenvalue weighted by atomic mass is 9.92. The highest BCUT2D eigenvalue weighted by Crippen LogP contribution is 2.33. The van der Waals surface area contributed by atoms with E-state index >= 15 is 0 Å². The summed E-state index contributed by atoms with van der Waals surface area (Å²) in [5.41, 5.74) is 5.65. The Bertz CT molecular complexity index is 1340. The van der Waals surface area contributed by atoms with Gasteiger partial charge in [-0.25, -0.2) is 0 Å². The van der Waals surface area contributed by atoms with Crippen LogP contribution in [0.1, 0.15) is 48.9 Å². The fourth-order valence-corrected chi connectivity index (χ4v) is 4.77. The van der Waals surface area contributed by atoms with Crippen LogP contribution in [0, 0.1) is 10.1 Å². The third kappa shape index (κ3) is 8.08. The molecule has 0 unspecified atom stereocenters. The number of aryl methyl sites for hydroxylation is 1. The molecule has 40 heavy (non-hydrogen) atoms. The molecule has 1 amide bonds. The first kappa shape index (κ1) is 28.7. The van der Waals surface area contributed by atoms with E-state index in [4.69, 9.17) is 14.5 Å². The second-order valence-corrected chi connectivity index (χ2v) is 9.56. The standard InChI is InChI=1S/C30H36N4O6/c1-38-28-21-22(13-15-27(28)39-19-8-20-40-34(36)37)14-16-29(35)31-17-6-7-18-32-30-23-9-2-4-11-25(23)33-26-12-5-3-10-24(26)30/h2,4,9,11,13-16,21H,3,5-8,10,12,17-20H2,1H3,(H,31,35)(H,32,33)/b16-14+. The lowest BCUT2D eigenvalue weighted by Gasteiger charge is -2.21. The average Bonchev–Trinajstić information content (AvgIpc) is 2.97. The quantitative estimate of drug-likeness (QED) is 0.116. The Morgan fingerprint density at radius 3 is 2.73 bits per heavy atom. The van der Waals surface area contributed by atoms with Crippen LogP contribution in [-0.4, -0.2) is 49.4 Å². The van der Waals surface area contributed by atoms with Gasteiger partial charge in [-0.15, -0.1) is 10.1 Å². The number of ether oxygens (including phenoxy) is 2. The van der Waals surface area contributed by atoms with Gasteiger partial charge < -0.3 is 24.9 Å². The van der Waals surface area contributed by atoms with Gasteiger partial charge in [-0.2, -0.15) is 0 Å². The van der Waals surface area contributed by atoms with Crippen molar-refractivity contribution in [2.75, 3.05) is 38.7 Å². The van der Waals surface area contributed by atoms with Crippen molar-refractivity contribution in [3.05, 3.63) is 75.5 Å². The van der Waals surface area contributed by atoms with Crippen LogP contribution in [0.15, 0.2) is 48.5 Å². The summed E-state index contributed by atoms with van der Waals surface area (Å²) in [6, 6.07) is 13.6. The van der Waals surface area contributed by atoms with Crippen LogP contribution in [0.4, 0.5) is 5.69 Å². The highest BCUT2D eigenvalue weighted by atomic mass is 16.9. The van der Waals surface area contributed by atoms with Crippen molar-refractivity contribution in [1.29, 1.82) is 0 Å². The zero-order valence-corrected chi connectivity index (χ0v) is 22.8. The maximum atomic E-state index is 12.3. The van der Waals surface area contributed by atoms with Gasteiger partial charge in [0, 0.05) is 42.4 Å². The van der Waals surface area contributed by atoms with Crippen LogP contribution >= 0.6 is 0 Å². The Kier molecular flexibility index (Phi) is 10.5. The third-order valence-corrected chi connectivity index (χ3v) is 6.73. The largest absolute Gasteiger partial charge is 0.493 e. The molecule has 3 aromatic rings. The molecule has 0 atom stereocenters. The summed E-state index contributed by atoms with van der Waals surface area (Å²) >= 11 is 0. The molecule has 1 aromatic heterocycles. The normalized spacial score (nSPS) is 12.6. The second kappa shape index (κ2) is 14.7. The fraction of sp³-hybridized carbons (Fsp3) is 0.400. The maximum absolute atomic E-state index is 12.3. The van der Waals surface area contributed by atoms with Crippen molar-refractivity contribution in [2.45, 2.75) is 44.9 Å². The van der Waals surface area contributed by atoms with Crippen molar-refractivity contribution in [1.82, 2.24) is 10.3 Å². The lowest BCUT2D eigenvalue weighted by molar-refractivity contribution is -0.757. The molecule has 2 aromatic carbocycles. The van der Waals surface area contributed by atoms with Crippen LogP contribution in [0.3, 0.4) is 0 Å². The fourth-order valence-electron chi connectivity index (χ4n) is 4.77. The molecule has 0 saturated heterocycles. The Labute approximate surface area is 233 Å². The lowest BCUT2D eigenvalue weighted by Crippen LogP contribution is -2.22. The number of nitrogens with one attached hydrogen (secondary N) is 2. The van der Waals surface area contributed by atoms with E-state index in [2.05, 4.69) is 33.7 Å². The predicted molar refractivity (Wildman–Crippen MR) is 154 cm³/mol. The van der Waals surface area contributed by atoms with Gasteiger partial charge in [-0.3, -0.25) is 9.78 Å². The molecule has 2 N–H and O–H groups in total. The molecule has 0 fully saturated rings. The molecule has 10 nitrogen and oxygen atoms in total. The molecule has 4 rings (SSSR count). The molecule has 0 spiro atoms. The van der Waals surface area contributed by atoms with Gasteiger partial charge in [0.2, 0.25) is 5.91 Å². The number of fused-ring (bicyclic) bond motifs is 2. The monoisotopic (exact) mass is 548 g/mol. The van der Waals surface area contributed by atoms with Crippen LogP contribution in [0.5, 0.6) is 11.5 Å². The maximum Gasteiger partial charge on any atom is 0.294 e. The molecule has 0 radical (unpaired) electrons. The SMILES string of the molecule is COc1cc(/C=C/C(=O)NCCCCNc2c3c(nc4ccccc24)CCCC3)ccc1OCCCO[N+](=O)[O-]. The first-order valence-corrected chi connectivity index (χ1v) is 13.7. The Morgan fingerprint density at radius 1 is 1.05 bits per heavy atom. The second-order valence-electron chi connectivity index (χ2n) is 9.56. The first-order chi connectivity index (χ1) is 19.5. The molecule has 212 valence electrons. The summed E-state index contributed by atoms with van der Waals surface area (Å²) in [5, 5.41) is 17.1. The summed E-state index contributed by atoms with van der Waals surface area (Å²) < 4.78 is 11.0. The molecule has 1 aliphatic carbocycles. The van der Waals surface area contributed by atoms with Crippen LogP contribution in [-0.2, 0) is 22.5 Å². The minimum Gasteiger partial charge on any atom is -0.493 e. The summed E-state index contributed by atoms with van der Waals surface area (Å²) in [6.45, 7) is 1.64. The van der Waals surface area contributed by atoms with Gasteiger partial charge in [-0.05, 0) is 73.9 Å². The number of hydrogen-bond donors (Lipinski definition) is 2. The van der Waals surface area contributed by atoms with E-state index in [0.717, 1.165) is 43.3 Å². The number of aromatic nitrogens is 1. The molecular formula is C30H36N4O6. The van der Waals surface area contributed by atoms with Gasteiger partial charge in [0.1, 0.15) is 0 Å². The summed E-state index contributed by atoms with van der Waals surface area (Å²) in [7, 11) is 1.53. The number of carbonyl (C=O) groups is 1. The highest BCUT2D eigenvalue weighted by molar-refractivity contribution is 5.93. The molecule has 0 aliphatic heterocycles. The van der Waals surface area contributed by atoms with Crippen molar-refractivity contribution in [3.63, 3.8) is 0 Å². The van der Waals surface area contributed by atoms with Crippen molar-refractivity contribution in [3.8, 4) is 11.5 Å². The molecular weight excluding hydrogens is 512 g/mol. The zero-order valence-electron chi connectivity index (χ0n) is 22.8. The minimum absolute atomic E-state index is 0.0363. The number of anilines is 1. The number of carbonyl (C=O) groups excluding carboxylic acids is 1. The Balaban J connectivity index is 1.19. The summed E-state index contributed by atoms with van der Waals surface area (Å²) in [5.74, 6) is 0.861. The van der Waals surface area contributed by atoms with Gasteiger partial charge >= 0.3 is 0 Å². The number of para-hydroxylation sites is 1. The van der Waals surface area contributed by atoms with E-state index in [0.29, 0.717) is 24.5 Å². The van der Waals surface area contributed by atoms with E-state index in [1.165, 1.54) is 48.4 Å². The third-order valence-electron chi connectivity index (χ3n) is 6.73. The number of rotatable bonds is 15. The number of benzene rings is 2. The molecule has 0 bridgehead atoms. The summed E-state index contributed by atoms with van der Waals surface area (Å²) in [4.78, 5) is 31.7. The number of amides is 1. The summed E-state index contributed by atoms with van der Waals surface area (Å²) in [6.07, 6.45) is 9.90. The van der Waals surface area contributed by atoms with E-state index in [9.17, 15) is 14.9 Å². The highest BCUT2D eigenvalue weighted by Gasteiger charge is 2.17.